The number of aliphatic carboxylic acids is 1. The Morgan fingerprint density at radius 2 is 1.93 bits per heavy atom. The summed E-state index contributed by atoms with van der Waals surface area (Å²) in [6, 6.07) is 0. The van der Waals surface area contributed by atoms with Crippen LogP contribution in [0.4, 0.5) is 17.6 Å². The van der Waals surface area contributed by atoms with Crippen molar-refractivity contribution >= 4 is 5.97 Å². The van der Waals surface area contributed by atoms with E-state index < -0.39 is 12.1 Å². The van der Waals surface area contributed by atoms with Gasteiger partial charge in [-0.15, -0.1) is 0 Å². The van der Waals surface area contributed by atoms with E-state index in [-0.39, 0.29) is 5.83 Å². The number of hydrogen-bond acceptors (Lipinski definition) is 2. The van der Waals surface area contributed by atoms with E-state index in [1.54, 1.807) is 6.08 Å². The first-order valence-electron chi connectivity index (χ1n) is 4.19. The van der Waals surface area contributed by atoms with Crippen LogP contribution in [0.25, 0.3) is 0 Å². The van der Waals surface area contributed by atoms with Gasteiger partial charge in [0.05, 0.1) is 5.83 Å². The summed E-state index contributed by atoms with van der Waals surface area (Å²) in [5, 5.41) is 10.2. The molecule has 0 aromatic rings. The fourth-order valence-electron chi connectivity index (χ4n) is 0.766. The van der Waals surface area contributed by atoms with Crippen LogP contribution in [0.1, 0.15) is 12.8 Å². The van der Waals surface area contributed by atoms with Crippen molar-refractivity contribution in [1.29, 1.82) is 0 Å². The highest BCUT2D eigenvalue weighted by molar-refractivity contribution is 5.73. The molecule has 0 aromatic carbocycles. The summed E-state index contributed by atoms with van der Waals surface area (Å²) in [6.45, 7) is 1.72. The van der Waals surface area contributed by atoms with Crippen molar-refractivity contribution in [3.8, 4) is 0 Å². The number of carbonyl (C=O) groups is 1. The number of halogens is 4. The summed E-state index contributed by atoms with van der Waals surface area (Å²) >= 11 is 0. The molecule has 3 nitrogen and oxygen atoms in total. The maximum Gasteiger partial charge on any atom is 0.490 e. The average Bonchev–Trinajstić information content (AvgIpc) is 2.32. The molecule has 0 unspecified atom stereocenters. The van der Waals surface area contributed by atoms with Crippen molar-refractivity contribution in [2.24, 2.45) is 0 Å². The van der Waals surface area contributed by atoms with E-state index in [9.17, 15) is 17.6 Å². The Morgan fingerprint density at radius 1 is 1.40 bits per heavy atom. The molecular weight excluding hydrogens is 218 g/mol. The predicted octanol–water partition coefficient (Wildman–Crippen LogP) is 1.86. The molecule has 0 saturated heterocycles. The molecule has 1 aliphatic heterocycles. The van der Waals surface area contributed by atoms with Gasteiger partial charge >= 0.3 is 12.1 Å². The highest BCUT2D eigenvalue weighted by Gasteiger charge is 2.38. The Kier molecular flexibility index (Phi) is 5.92. The summed E-state index contributed by atoms with van der Waals surface area (Å²) < 4.78 is 44.0. The van der Waals surface area contributed by atoms with Crippen LogP contribution in [0.2, 0.25) is 0 Å². The first-order chi connectivity index (χ1) is 6.84. The van der Waals surface area contributed by atoms with Crippen LogP contribution in [0.5, 0.6) is 0 Å². The van der Waals surface area contributed by atoms with Crippen LogP contribution < -0.4 is 5.32 Å². The Bertz CT molecular complexity index is 237. The van der Waals surface area contributed by atoms with Crippen molar-refractivity contribution < 1.29 is 27.5 Å². The van der Waals surface area contributed by atoms with Crippen molar-refractivity contribution in [3.63, 3.8) is 0 Å². The van der Waals surface area contributed by atoms with Gasteiger partial charge in [-0.25, -0.2) is 9.18 Å². The fraction of sp³-hybridized carbons (Fsp3) is 0.625. The number of hydrogen-bond donors (Lipinski definition) is 2. The fourth-order valence-corrected chi connectivity index (χ4v) is 0.766. The van der Waals surface area contributed by atoms with Gasteiger partial charge in [-0.05, 0) is 13.0 Å². The molecule has 2 N–H and O–H groups in total. The van der Waals surface area contributed by atoms with Crippen LogP contribution in [0.15, 0.2) is 11.9 Å². The van der Waals surface area contributed by atoms with Crippen molar-refractivity contribution in [1.82, 2.24) is 5.32 Å². The zero-order chi connectivity index (χ0) is 11.9. The lowest BCUT2D eigenvalue weighted by Gasteiger charge is -1.93. The highest BCUT2D eigenvalue weighted by atomic mass is 19.4. The summed E-state index contributed by atoms with van der Waals surface area (Å²) in [4.78, 5) is 8.90. The van der Waals surface area contributed by atoms with Crippen LogP contribution in [0, 0.1) is 0 Å². The number of carboxylic acid groups (broad SMARTS) is 1. The summed E-state index contributed by atoms with van der Waals surface area (Å²) in [5.74, 6) is -2.72. The standard InChI is InChI=1S/C6H10FN.C2HF3O2/c7-6-2-1-4-8-5-3-6;3-2(4,5)1(6)7/h2,8H,1,3-5H2;(H,6,7). The molecule has 0 atom stereocenters. The van der Waals surface area contributed by atoms with Crippen molar-refractivity contribution in [2.75, 3.05) is 13.1 Å². The molecule has 0 aliphatic carbocycles. The van der Waals surface area contributed by atoms with Gasteiger partial charge < -0.3 is 10.4 Å². The molecule has 88 valence electrons. The minimum Gasteiger partial charge on any atom is -0.475 e. The van der Waals surface area contributed by atoms with E-state index in [2.05, 4.69) is 5.32 Å². The Hall–Kier alpha value is -1.11. The van der Waals surface area contributed by atoms with E-state index in [1.807, 2.05) is 0 Å². The molecular formula is C8H11F4NO2. The van der Waals surface area contributed by atoms with E-state index in [1.165, 1.54) is 0 Å². The second kappa shape index (κ2) is 6.39. The number of carboxylic acids is 1. The largest absolute Gasteiger partial charge is 0.490 e. The van der Waals surface area contributed by atoms with Gasteiger partial charge in [0.1, 0.15) is 0 Å². The number of rotatable bonds is 0. The quantitative estimate of drug-likeness (QED) is 0.623. The molecule has 0 amide bonds. The summed E-state index contributed by atoms with van der Waals surface area (Å²) in [6.07, 6.45) is -2.02. The minimum absolute atomic E-state index is 0.0370. The van der Waals surface area contributed by atoms with Gasteiger partial charge in [-0.1, -0.05) is 6.08 Å². The van der Waals surface area contributed by atoms with E-state index in [0.29, 0.717) is 6.42 Å². The molecule has 1 heterocycles. The van der Waals surface area contributed by atoms with Crippen LogP contribution in [-0.2, 0) is 4.79 Å². The molecule has 0 fully saturated rings. The topological polar surface area (TPSA) is 49.3 Å². The molecule has 1 aliphatic rings. The van der Waals surface area contributed by atoms with Crippen LogP contribution >= 0.6 is 0 Å². The number of nitrogens with one attached hydrogen (secondary N) is 1. The van der Waals surface area contributed by atoms with Crippen LogP contribution in [-0.4, -0.2) is 30.3 Å². The van der Waals surface area contributed by atoms with E-state index in [0.717, 1.165) is 19.5 Å². The van der Waals surface area contributed by atoms with Gasteiger partial charge in [0, 0.05) is 13.0 Å². The normalized spacial score (nSPS) is 16.9. The Morgan fingerprint density at radius 3 is 2.40 bits per heavy atom. The first-order valence-corrected chi connectivity index (χ1v) is 4.19. The lowest BCUT2D eigenvalue weighted by atomic mass is 10.3. The lowest BCUT2D eigenvalue weighted by molar-refractivity contribution is -0.192. The molecule has 0 radical (unpaired) electrons. The Balaban J connectivity index is 0.000000265. The average molecular weight is 229 g/mol. The molecule has 0 aromatic heterocycles. The molecule has 7 heteroatoms. The van der Waals surface area contributed by atoms with Gasteiger partial charge in [-0.3, -0.25) is 0 Å². The van der Waals surface area contributed by atoms with Gasteiger partial charge in [-0.2, -0.15) is 13.2 Å². The molecule has 0 spiro atoms. The highest BCUT2D eigenvalue weighted by Crippen LogP contribution is 2.13. The molecule has 0 saturated carbocycles. The van der Waals surface area contributed by atoms with E-state index >= 15 is 0 Å². The van der Waals surface area contributed by atoms with Crippen LogP contribution in [0.3, 0.4) is 0 Å². The summed E-state index contributed by atoms with van der Waals surface area (Å²) in [5.41, 5.74) is 0. The maximum atomic E-state index is 12.3. The second-order valence-electron chi connectivity index (χ2n) is 2.74. The second-order valence-corrected chi connectivity index (χ2v) is 2.74. The zero-order valence-electron chi connectivity index (χ0n) is 7.77. The van der Waals surface area contributed by atoms with E-state index in [4.69, 9.17) is 9.90 Å². The molecule has 1 rings (SSSR count). The summed E-state index contributed by atoms with van der Waals surface area (Å²) in [7, 11) is 0. The van der Waals surface area contributed by atoms with Crippen molar-refractivity contribution in [2.45, 2.75) is 19.0 Å². The van der Waals surface area contributed by atoms with Crippen molar-refractivity contribution in [3.05, 3.63) is 11.9 Å². The Labute approximate surface area is 83.8 Å². The van der Waals surface area contributed by atoms with Gasteiger partial charge in [0.2, 0.25) is 0 Å². The van der Waals surface area contributed by atoms with Gasteiger partial charge in [0.25, 0.3) is 0 Å². The SMILES string of the molecule is FC1=CCCNCC1.O=C(O)C(F)(F)F. The first kappa shape index (κ1) is 13.9. The lowest BCUT2D eigenvalue weighted by Crippen LogP contribution is -2.21. The minimum atomic E-state index is -5.08. The zero-order valence-corrected chi connectivity index (χ0v) is 7.77. The number of alkyl halides is 3. The molecule has 0 bridgehead atoms. The third-order valence-corrected chi connectivity index (χ3v) is 1.47. The predicted molar refractivity (Wildman–Crippen MR) is 45.0 cm³/mol. The van der Waals surface area contributed by atoms with Gasteiger partial charge in [0.15, 0.2) is 0 Å². The maximum absolute atomic E-state index is 12.3. The third kappa shape index (κ3) is 7.92. The smallest absolute Gasteiger partial charge is 0.475 e. The monoisotopic (exact) mass is 229 g/mol. The third-order valence-electron chi connectivity index (χ3n) is 1.47. The molecule has 15 heavy (non-hydrogen) atoms.